The number of halogens is 1. The van der Waals surface area contributed by atoms with Gasteiger partial charge in [-0.1, -0.05) is 28.3 Å². The van der Waals surface area contributed by atoms with Gasteiger partial charge in [0.1, 0.15) is 0 Å². The molecule has 13 heteroatoms. The lowest BCUT2D eigenvalue weighted by Gasteiger charge is -2.14. The first-order valence-electron chi connectivity index (χ1n) is 8.82. The number of hydrogen-bond donors (Lipinski definition) is 1. The van der Waals surface area contributed by atoms with E-state index in [0.717, 1.165) is 4.57 Å². The minimum absolute atomic E-state index is 0.109. The minimum atomic E-state index is -3.06. The molecule has 30 heavy (non-hydrogen) atoms. The van der Waals surface area contributed by atoms with E-state index in [2.05, 4.69) is 0 Å². The smallest absolute Gasteiger partial charge is 0.431 e. The van der Waals surface area contributed by atoms with Crippen LogP contribution in [0.15, 0.2) is 21.7 Å². The minimum Gasteiger partial charge on any atom is -0.431 e. The fraction of sp³-hybridized carbons (Fsp3) is 0.529. The van der Waals surface area contributed by atoms with Gasteiger partial charge in [-0.2, -0.15) is 0 Å². The zero-order valence-electron chi connectivity index (χ0n) is 17.0. The number of rotatable bonds is 8. The average molecular weight is 466 g/mol. The van der Waals surface area contributed by atoms with Gasteiger partial charge in [-0.15, -0.1) is 0 Å². The van der Waals surface area contributed by atoms with Crippen LogP contribution in [0.3, 0.4) is 0 Å². The molecule has 1 N–H and O–H groups in total. The third-order valence-electron chi connectivity index (χ3n) is 3.10. The summed E-state index contributed by atoms with van der Waals surface area (Å²) >= 11 is 5.98. The van der Waals surface area contributed by atoms with Gasteiger partial charge in [0.05, 0.1) is 12.2 Å². The van der Waals surface area contributed by atoms with Crippen molar-refractivity contribution < 1.29 is 33.1 Å². The van der Waals surface area contributed by atoms with Crippen molar-refractivity contribution >= 4 is 37.1 Å². The fourth-order valence-corrected chi connectivity index (χ4v) is 3.62. The Balaban J connectivity index is 3.43. The Labute approximate surface area is 177 Å². The van der Waals surface area contributed by atoms with E-state index < -0.39 is 60.1 Å². The number of carbonyl (C=O) groups excluding carboxylic acids is 2. The number of hydrogen-bond acceptors (Lipinski definition) is 9. The maximum absolute atomic E-state index is 13.2. The molecule has 0 saturated carbocycles. The van der Waals surface area contributed by atoms with E-state index in [1.54, 1.807) is 13.0 Å². The van der Waals surface area contributed by atoms with Crippen molar-refractivity contribution in [2.24, 2.45) is 0 Å². The molecular weight excluding hydrogens is 443 g/mol. The van der Waals surface area contributed by atoms with E-state index in [-0.39, 0.29) is 6.54 Å². The largest absolute Gasteiger partial charge is 0.514 e. The van der Waals surface area contributed by atoms with Crippen LogP contribution in [0.5, 0.6) is 0 Å². The van der Waals surface area contributed by atoms with Gasteiger partial charge in [0.15, 0.2) is 5.02 Å². The summed E-state index contributed by atoms with van der Waals surface area (Å²) in [5, 5.41) is -0.591. The molecule has 0 amide bonds. The van der Waals surface area contributed by atoms with Gasteiger partial charge in [0.2, 0.25) is 0 Å². The second-order valence-corrected chi connectivity index (χ2v) is 8.15. The number of aromatic nitrogens is 2. The third kappa shape index (κ3) is 7.31. The van der Waals surface area contributed by atoms with Gasteiger partial charge < -0.3 is 18.9 Å². The second-order valence-electron chi connectivity index (χ2n) is 6.28. The number of aromatic amines is 1. The summed E-state index contributed by atoms with van der Waals surface area (Å²) < 4.78 is 33.4. The van der Waals surface area contributed by atoms with Crippen molar-refractivity contribution in [3.8, 4) is 0 Å². The Kier molecular flexibility index (Phi) is 9.74. The monoisotopic (exact) mass is 465 g/mol. The van der Waals surface area contributed by atoms with Gasteiger partial charge in [0, 0.05) is 6.54 Å². The number of nitrogens with zero attached hydrogens (tertiary/aromatic N) is 1. The molecule has 0 aliphatic carbocycles. The summed E-state index contributed by atoms with van der Waals surface area (Å²) in [6, 6.07) is -2.08. The average Bonchev–Trinajstić information content (AvgIpc) is 2.61. The summed E-state index contributed by atoms with van der Waals surface area (Å²) in [5.74, 6) is 0. The molecule has 0 saturated heterocycles. The number of carbonyl (C=O) groups is 2. The predicted octanol–water partition coefficient (Wildman–Crippen LogP) is 2.63. The van der Waals surface area contributed by atoms with Crippen LogP contribution >= 0.6 is 19.4 Å². The van der Waals surface area contributed by atoms with Gasteiger partial charge in [-0.25, -0.2) is 19.0 Å². The van der Waals surface area contributed by atoms with Crippen LogP contribution in [0.4, 0.5) is 9.59 Å². The molecule has 1 aromatic heterocycles. The molecule has 0 aliphatic rings. The molecular formula is C17H23ClN2O9P+. The number of H-pyrrole nitrogens is 1. The van der Waals surface area contributed by atoms with Gasteiger partial charge >= 0.3 is 31.8 Å². The summed E-state index contributed by atoms with van der Waals surface area (Å²) in [4.78, 5) is 49.9. The normalized spacial score (nSPS) is 11.8. The van der Waals surface area contributed by atoms with E-state index in [0.29, 0.717) is 0 Å². The lowest BCUT2D eigenvalue weighted by atomic mass is 10.5. The molecule has 1 atom stereocenters. The first kappa shape index (κ1) is 25.4. The molecule has 0 spiro atoms. The predicted molar refractivity (Wildman–Crippen MR) is 108 cm³/mol. The highest BCUT2D eigenvalue weighted by Gasteiger charge is 2.46. The van der Waals surface area contributed by atoms with Crippen molar-refractivity contribution in [2.75, 3.05) is 0 Å². The molecule has 1 unspecified atom stereocenters. The van der Waals surface area contributed by atoms with E-state index in [9.17, 15) is 23.7 Å². The molecule has 0 aromatic carbocycles. The molecule has 11 nitrogen and oxygen atoms in total. The summed E-state index contributed by atoms with van der Waals surface area (Å²) in [7, 11) is -3.06. The summed E-state index contributed by atoms with van der Waals surface area (Å²) in [6.45, 7) is 7.71. The van der Waals surface area contributed by atoms with E-state index in [1.807, 2.05) is 4.98 Å². The zero-order chi connectivity index (χ0) is 23.0. The lowest BCUT2D eigenvalue weighted by Crippen LogP contribution is -2.41. The first-order chi connectivity index (χ1) is 14.0. The Bertz CT molecular complexity index is 912. The maximum atomic E-state index is 13.2. The Morgan fingerprint density at radius 2 is 1.57 bits per heavy atom. The van der Waals surface area contributed by atoms with Crippen molar-refractivity contribution in [3.05, 3.63) is 38.0 Å². The summed E-state index contributed by atoms with van der Waals surface area (Å²) in [6.07, 6.45) is -0.630. The Morgan fingerprint density at radius 1 is 1.07 bits per heavy atom. The Morgan fingerprint density at radius 3 is 2.00 bits per heavy atom. The highest BCUT2D eigenvalue weighted by Crippen LogP contribution is 2.32. The van der Waals surface area contributed by atoms with Crippen LogP contribution < -0.4 is 16.7 Å². The SMILES string of the molecule is CC=CCn1c([P+](=O)C(OC(=O)OC(C)C)OC(=O)OC(C)C)c(Cl)c(=O)[nH]c1=O. The number of ether oxygens (including phenoxy) is 4. The second kappa shape index (κ2) is 11.5. The van der Waals surface area contributed by atoms with Crippen LogP contribution in [0.1, 0.15) is 34.6 Å². The highest BCUT2D eigenvalue weighted by atomic mass is 35.5. The molecule has 166 valence electrons. The van der Waals surface area contributed by atoms with Gasteiger partial charge in [-0.05, 0) is 34.6 Å². The molecule has 0 fully saturated rings. The molecule has 0 radical (unpaired) electrons. The molecule has 1 rings (SSSR count). The van der Waals surface area contributed by atoms with Gasteiger partial charge in [-0.3, -0.25) is 9.78 Å². The van der Waals surface area contributed by atoms with E-state index >= 15 is 0 Å². The van der Waals surface area contributed by atoms with E-state index in [1.165, 1.54) is 33.8 Å². The van der Waals surface area contributed by atoms with Crippen LogP contribution in [0, 0.1) is 0 Å². The van der Waals surface area contributed by atoms with Crippen LogP contribution in [-0.4, -0.2) is 40.1 Å². The number of nitrogens with one attached hydrogen (secondary N) is 1. The van der Waals surface area contributed by atoms with E-state index in [4.69, 9.17) is 30.5 Å². The lowest BCUT2D eigenvalue weighted by molar-refractivity contribution is -0.0712. The van der Waals surface area contributed by atoms with Crippen molar-refractivity contribution in [1.82, 2.24) is 9.55 Å². The maximum Gasteiger partial charge on any atom is 0.514 e. The number of allylic oxidation sites excluding steroid dienone is 2. The van der Waals surface area contributed by atoms with Crippen LogP contribution in [0.25, 0.3) is 0 Å². The summed E-state index contributed by atoms with van der Waals surface area (Å²) in [5.41, 5.74) is -2.39. The molecule has 0 aliphatic heterocycles. The Hall–Kier alpha value is -2.65. The topological polar surface area (TPSA) is 143 Å². The molecule has 1 aromatic rings. The third-order valence-corrected chi connectivity index (χ3v) is 5.06. The fourth-order valence-electron chi connectivity index (χ4n) is 1.96. The van der Waals surface area contributed by atoms with Crippen molar-refractivity contribution in [1.29, 1.82) is 0 Å². The first-order valence-corrected chi connectivity index (χ1v) is 10.5. The zero-order valence-corrected chi connectivity index (χ0v) is 18.7. The van der Waals surface area contributed by atoms with Crippen molar-refractivity contribution in [2.45, 2.75) is 59.4 Å². The molecule has 1 heterocycles. The standard InChI is InChI=1S/C17H22ClN2O9P/c1-6-7-8-20-13(11(18)12(21)19-14(20)22)30(25)17(28-15(23)26-9(2)3)29-16(24)27-10(4)5/h6-7,9-10,17H,8H2,1-5H3/p+1. The van der Waals surface area contributed by atoms with Gasteiger partial charge in [0.25, 0.3) is 11.0 Å². The van der Waals surface area contributed by atoms with Crippen LogP contribution in [0.2, 0.25) is 5.02 Å². The van der Waals surface area contributed by atoms with Crippen molar-refractivity contribution in [3.63, 3.8) is 0 Å². The van der Waals surface area contributed by atoms with Crippen LogP contribution in [-0.2, 0) is 30.1 Å². The highest BCUT2D eigenvalue weighted by molar-refractivity contribution is 7.54. The quantitative estimate of drug-likeness (QED) is 0.265. The molecule has 0 bridgehead atoms.